The summed E-state index contributed by atoms with van der Waals surface area (Å²) in [6.07, 6.45) is 0. The van der Waals surface area contributed by atoms with Crippen LogP contribution in [0.1, 0.15) is 0 Å². The molecule has 0 saturated carbocycles. The molecule has 0 aliphatic carbocycles. The topological polar surface area (TPSA) is 73.2 Å². The molecule has 0 radical (unpaired) electrons. The maximum atomic E-state index is 12.1. The molecule has 1 atom stereocenters. The predicted octanol–water partition coefficient (Wildman–Crippen LogP) is -0.664. The summed E-state index contributed by atoms with van der Waals surface area (Å²) in [6.45, 7) is 0.275. The van der Waals surface area contributed by atoms with Gasteiger partial charge in [-0.3, -0.25) is 0 Å². The van der Waals surface area contributed by atoms with E-state index < -0.39 is 21.8 Å². The van der Waals surface area contributed by atoms with Crippen LogP contribution in [-0.2, 0) is 10.0 Å². The van der Waals surface area contributed by atoms with Gasteiger partial charge in [0.25, 0.3) is 10.0 Å². The second-order valence-corrected chi connectivity index (χ2v) is 4.62. The number of hydrogen-bond acceptors (Lipinski definition) is 4. The van der Waals surface area contributed by atoms with Crippen molar-refractivity contribution in [3.8, 4) is 6.07 Å². The Labute approximate surface area is 80.4 Å². The van der Waals surface area contributed by atoms with Crippen LogP contribution in [0.2, 0.25) is 0 Å². The molecule has 0 aromatic heterocycles. The third kappa shape index (κ3) is 2.00. The molecule has 80 valence electrons. The average molecular weight is 225 g/mol. The second kappa shape index (κ2) is 4.16. The fourth-order valence-electron chi connectivity index (χ4n) is 1.20. The standard InChI is InChI=1S/C6H9F2N3O2S/c7-6(8)14(12,13)11-2-1-10-4-5(11)3-9/h5-6,10H,1-2,4H2. The van der Waals surface area contributed by atoms with Gasteiger partial charge >= 0.3 is 5.76 Å². The van der Waals surface area contributed by atoms with Crippen LogP contribution in [0.5, 0.6) is 0 Å². The molecule has 1 aliphatic heterocycles. The summed E-state index contributed by atoms with van der Waals surface area (Å²) in [7, 11) is -4.62. The van der Waals surface area contributed by atoms with Gasteiger partial charge in [-0.25, -0.2) is 8.42 Å². The zero-order valence-electron chi connectivity index (χ0n) is 7.15. The van der Waals surface area contributed by atoms with Gasteiger partial charge in [0.1, 0.15) is 6.04 Å². The number of halogens is 2. The van der Waals surface area contributed by atoms with Crippen LogP contribution in [-0.4, -0.2) is 44.2 Å². The Morgan fingerprint density at radius 1 is 1.57 bits per heavy atom. The van der Waals surface area contributed by atoms with E-state index in [1.54, 1.807) is 6.07 Å². The lowest BCUT2D eigenvalue weighted by Gasteiger charge is -2.30. The quantitative estimate of drug-likeness (QED) is 0.677. The number of sulfonamides is 1. The van der Waals surface area contributed by atoms with E-state index in [2.05, 4.69) is 5.32 Å². The SMILES string of the molecule is N#CC1CNCCN1S(=O)(=O)C(F)F. The molecule has 1 rings (SSSR count). The summed E-state index contributed by atoms with van der Waals surface area (Å²) >= 11 is 0. The number of hydrogen-bond donors (Lipinski definition) is 1. The Morgan fingerprint density at radius 2 is 2.21 bits per heavy atom. The monoisotopic (exact) mass is 225 g/mol. The van der Waals surface area contributed by atoms with Crippen LogP contribution in [0.15, 0.2) is 0 Å². The van der Waals surface area contributed by atoms with E-state index in [-0.39, 0.29) is 19.6 Å². The minimum atomic E-state index is -4.62. The van der Waals surface area contributed by atoms with Crippen LogP contribution in [0.25, 0.3) is 0 Å². The van der Waals surface area contributed by atoms with Crippen LogP contribution in [0, 0.1) is 11.3 Å². The molecular weight excluding hydrogens is 216 g/mol. The van der Waals surface area contributed by atoms with E-state index in [1.165, 1.54) is 0 Å². The highest BCUT2D eigenvalue weighted by atomic mass is 32.2. The van der Waals surface area contributed by atoms with Gasteiger partial charge in [-0.2, -0.15) is 18.3 Å². The number of nitrogens with zero attached hydrogens (tertiary/aromatic N) is 2. The zero-order chi connectivity index (χ0) is 10.8. The lowest BCUT2D eigenvalue weighted by Crippen LogP contribution is -2.54. The third-order valence-corrected chi connectivity index (χ3v) is 3.44. The lowest BCUT2D eigenvalue weighted by molar-refractivity contribution is 0.208. The summed E-state index contributed by atoms with van der Waals surface area (Å²) < 4.78 is 46.9. The first-order valence-corrected chi connectivity index (χ1v) is 5.39. The molecule has 8 heteroatoms. The highest BCUT2D eigenvalue weighted by Crippen LogP contribution is 2.16. The van der Waals surface area contributed by atoms with Gasteiger partial charge in [-0.05, 0) is 0 Å². The van der Waals surface area contributed by atoms with Crippen LogP contribution >= 0.6 is 0 Å². The maximum absolute atomic E-state index is 12.1. The van der Waals surface area contributed by atoms with E-state index in [9.17, 15) is 17.2 Å². The molecule has 1 heterocycles. The fourth-order valence-corrected chi connectivity index (χ4v) is 2.23. The molecule has 0 aromatic rings. The van der Waals surface area contributed by atoms with Crippen molar-refractivity contribution < 1.29 is 17.2 Å². The van der Waals surface area contributed by atoms with Crippen molar-refractivity contribution in [3.63, 3.8) is 0 Å². The Kier molecular flexibility index (Phi) is 3.36. The molecule has 0 bridgehead atoms. The molecule has 1 N–H and O–H groups in total. The molecule has 14 heavy (non-hydrogen) atoms. The maximum Gasteiger partial charge on any atom is 0.350 e. The van der Waals surface area contributed by atoms with Gasteiger partial charge in [0.2, 0.25) is 0 Å². The van der Waals surface area contributed by atoms with Gasteiger partial charge in [-0.15, -0.1) is 0 Å². The second-order valence-electron chi connectivity index (χ2n) is 2.77. The lowest BCUT2D eigenvalue weighted by atomic mass is 10.3. The van der Waals surface area contributed by atoms with Crippen molar-refractivity contribution >= 4 is 10.0 Å². The minimum Gasteiger partial charge on any atom is -0.313 e. The molecular formula is C6H9F2N3O2S. The summed E-state index contributed by atoms with van der Waals surface area (Å²) in [5.41, 5.74) is 0. The number of piperazine rings is 1. The van der Waals surface area contributed by atoms with Crippen LogP contribution in [0.4, 0.5) is 8.78 Å². The largest absolute Gasteiger partial charge is 0.350 e. The van der Waals surface area contributed by atoms with E-state index in [0.29, 0.717) is 4.31 Å². The van der Waals surface area contributed by atoms with Gasteiger partial charge < -0.3 is 5.32 Å². The smallest absolute Gasteiger partial charge is 0.313 e. The van der Waals surface area contributed by atoms with E-state index >= 15 is 0 Å². The summed E-state index contributed by atoms with van der Waals surface area (Å²) in [5.74, 6) is -3.46. The first-order chi connectivity index (χ1) is 6.50. The Bertz CT molecular complexity index is 337. The molecule has 5 nitrogen and oxygen atoms in total. The normalized spacial score (nSPS) is 24.9. The number of rotatable bonds is 2. The highest BCUT2D eigenvalue weighted by molar-refractivity contribution is 7.89. The van der Waals surface area contributed by atoms with E-state index in [1.807, 2.05) is 0 Å². The summed E-state index contributed by atoms with van der Waals surface area (Å²) in [6, 6.07) is 0.627. The Balaban J connectivity index is 2.90. The van der Waals surface area contributed by atoms with Crippen molar-refractivity contribution in [1.82, 2.24) is 9.62 Å². The van der Waals surface area contributed by atoms with Crippen LogP contribution in [0.3, 0.4) is 0 Å². The minimum absolute atomic E-state index is 0.0858. The Morgan fingerprint density at radius 3 is 2.71 bits per heavy atom. The molecule has 1 fully saturated rings. The van der Waals surface area contributed by atoms with Crippen molar-refractivity contribution in [3.05, 3.63) is 0 Å². The van der Waals surface area contributed by atoms with Gasteiger partial charge in [0.15, 0.2) is 0 Å². The molecule has 1 aliphatic rings. The molecule has 1 unspecified atom stereocenters. The number of nitrogens with one attached hydrogen (secondary N) is 1. The van der Waals surface area contributed by atoms with Crippen molar-refractivity contribution in [2.24, 2.45) is 0 Å². The van der Waals surface area contributed by atoms with Gasteiger partial charge in [0.05, 0.1) is 6.07 Å². The van der Waals surface area contributed by atoms with E-state index in [0.717, 1.165) is 0 Å². The van der Waals surface area contributed by atoms with Crippen LogP contribution < -0.4 is 5.32 Å². The van der Waals surface area contributed by atoms with Crippen molar-refractivity contribution in [1.29, 1.82) is 5.26 Å². The van der Waals surface area contributed by atoms with Crippen molar-refractivity contribution in [2.45, 2.75) is 11.8 Å². The fraction of sp³-hybridized carbons (Fsp3) is 0.833. The third-order valence-electron chi connectivity index (χ3n) is 1.90. The van der Waals surface area contributed by atoms with E-state index in [4.69, 9.17) is 5.26 Å². The predicted molar refractivity (Wildman–Crippen MR) is 43.9 cm³/mol. The molecule has 0 amide bonds. The number of nitriles is 1. The first-order valence-electron chi connectivity index (χ1n) is 3.89. The summed E-state index contributed by atoms with van der Waals surface area (Å²) in [4.78, 5) is 0. The highest BCUT2D eigenvalue weighted by Gasteiger charge is 2.38. The van der Waals surface area contributed by atoms with Gasteiger partial charge in [-0.1, -0.05) is 0 Å². The average Bonchev–Trinajstić information content (AvgIpc) is 2.17. The number of alkyl halides is 2. The van der Waals surface area contributed by atoms with Crippen molar-refractivity contribution in [2.75, 3.05) is 19.6 Å². The Hall–Kier alpha value is -0.780. The van der Waals surface area contributed by atoms with Gasteiger partial charge in [0, 0.05) is 19.6 Å². The summed E-state index contributed by atoms with van der Waals surface area (Å²) in [5, 5.41) is 11.3. The molecule has 0 spiro atoms. The zero-order valence-corrected chi connectivity index (χ0v) is 7.97. The molecule has 0 aromatic carbocycles. The first kappa shape index (κ1) is 11.3. The molecule has 1 saturated heterocycles.